The number of halogens is 2. The van der Waals surface area contributed by atoms with E-state index in [4.69, 9.17) is 9.47 Å². The summed E-state index contributed by atoms with van der Waals surface area (Å²) in [5, 5.41) is 5.93. The zero-order chi connectivity index (χ0) is 28.9. The van der Waals surface area contributed by atoms with Crippen molar-refractivity contribution in [2.24, 2.45) is 10.1 Å². The molecule has 1 fully saturated rings. The first-order valence-corrected chi connectivity index (χ1v) is 12.6. The van der Waals surface area contributed by atoms with Crippen LogP contribution in [-0.4, -0.2) is 68.2 Å². The number of morpholine rings is 1. The smallest absolute Gasteiger partial charge is 0.312 e. The molecular formula is C30H38F2N4O3. The number of ether oxygens (including phenoxy) is 2. The van der Waals surface area contributed by atoms with Crippen LogP contribution in [0.25, 0.3) is 11.3 Å². The van der Waals surface area contributed by atoms with Gasteiger partial charge in [-0.2, -0.15) is 13.9 Å². The molecule has 1 heterocycles. The third kappa shape index (κ3) is 9.76. The zero-order valence-corrected chi connectivity index (χ0v) is 23.4. The number of carbonyl (C=O) groups is 1. The van der Waals surface area contributed by atoms with Crippen LogP contribution in [0.1, 0.15) is 49.1 Å². The summed E-state index contributed by atoms with van der Waals surface area (Å²) in [6.45, 7) is 18.0. The molecule has 3 rings (SSSR count). The molecule has 2 aromatic carbocycles. The maximum Gasteiger partial charge on any atom is 0.312 e. The van der Waals surface area contributed by atoms with Gasteiger partial charge in [0.15, 0.2) is 0 Å². The highest BCUT2D eigenvalue weighted by Gasteiger charge is 2.17. The van der Waals surface area contributed by atoms with Crippen LogP contribution in [0.15, 0.2) is 71.4 Å². The highest BCUT2D eigenvalue weighted by molar-refractivity contribution is 5.84. The molecule has 1 amide bonds. The van der Waals surface area contributed by atoms with Gasteiger partial charge in [0.2, 0.25) is 5.91 Å². The Bertz CT molecular complexity index is 1170. The molecule has 39 heavy (non-hydrogen) atoms. The van der Waals surface area contributed by atoms with Crippen molar-refractivity contribution in [3.05, 3.63) is 83.6 Å². The summed E-state index contributed by atoms with van der Waals surface area (Å²) in [5.41, 5.74) is 4.94. The van der Waals surface area contributed by atoms with Gasteiger partial charge in [0.1, 0.15) is 5.76 Å². The number of aryl methyl sites for hydroxylation is 1. The molecule has 9 heteroatoms. The Morgan fingerprint density at radius 3 is 2.26 bits per heavy atom. The van der Waals surface area contributed by atoms with Gasteiger partial charge >= 0.3 is 6.43 Å². The summed E-state index contributed by atoms with van der Waals surface area (Å²) in [6.07, 6.45) is -0.837. The maximum atomic E-state index is 12.8. The normalized spacial score (nSPS) is 14.7. The fraction of sp³-hybridized carbons (Fsp3) is 0.367. The molecule has 1 unspecified atom stereocenters. The minimum Gasteiger partial charge on any atom is -0.438 e. The number of hydrogen-bond donors (Lipinski definition) is 0. The quantitative estimate of drug-likeness (QED) is 0.174. The van der Waals surface area contributed by atoms with E-state index < -0.39 is 12.3 Å². The first-order valence-electron chi connectivity index (χ1n) is 12.6. The second kappa shape index (κ2) is 15.5. The van der Waals surface area contributed by atoms with E-state index in [0.717, 1.165) is 29.8 Å². The number of nitrogens with zero attached hydrogens (tertiary/aromatic N) is 4. The molecule has 210 valence electrons. The Morgan fingerprint density at radius 1 is 1.13 bits per heavy atom. The van der Waals surface area contributed by atoms with E-state index >= 15 is 0 Å². The summed E-state index contributed by atoms with van der Waals surface area (Å²) in [7, 11) is 1.25. The lowest BCUT2D eigenvalue weighted by Gasteiger charge is -2.25. The number of amides is 1. The van der Waals surface area contributed by atoms with Gasteiger partial charge in [-0.1, -0.05) is 60.7 Å². The highest BCUT2D eigenvalue weighted by Crippen LogP contribution is 2.26. The van der Waals surface area contributed by atoms with E-state index in [-0.39, 0.29) is 17.7 Å². The number of allylic oxidation sites excluding steroid dienone is 1. The molecule has 0 spiro atoms. The van der Waals surface area contributed by atoms with Crippen molar-refractivity contribution in [3.8, 4) is 0 Å². The summed E-state index contributed by atoms with van der Waals surface area (Å²) in [6, 6.07) is 15.5. The standard InChI is InChI=1S/C24H27F2N3O.C6H11NO2/c1-16-8-7-9-22(14-16)17(2)15-29(28-6)18(3)20-10-12-21(13-11-20)19(4)30-24(27-5)23(25)26;1-6(8)7-2-4-9-5-3-7/h7-15,18,23H,4,6H2,1-3,5H3;2-5H2,1H3/b17-15+,27-24?;. The molecule has 7 nitrogen and oxygen atoms in total. The van der Waals surface area contributed by atoms with Crippen molar-refractivity contribution in [2.45, 2.75) is 40.2 Å². The van der Waals surface area contributed by atoms with Crippen LogP contribution in [0.5, 0.6) is 0 Å². The van der Waals surface area contributed by atoms with Gasteiger partial charge in [0, 0.05) is 45.5 Å². The molecule has 1 aliphatic heterocycles. The molecule has 1 saturated heterocycles. The molecule has 0 aromatic heterocycles. The number of carbonyl (C=O) groups excluding carboxylic acids is 1. The van der Waals surface area contributed by atoms with Crippen LogP contribution < -0.4 is 0 Å². The number of hydrogen-bond acceptors (Lipinski definition) is 6. The molecule has 0 radical (unpaired) electrons. The molecule has 0 N–H and O–H groups in total. The predicted molar refractivity (Wildman–Crippen MR) is 154 cm³/mol. The fourth-order valence-corrected chi connectivity index (χ4v) is 3.79. The van der Waals surface area contributed by atoms with Crippen LogP contribution in [0.3, 0.4) is 0 Å². The number of alkyl halides is 2. The summed E-state index contributed by atoms with van der Waals surface area (Å²) < 4.78 is 35.7. The first kappa shape index (κ1) is 31.4. The third-order valence-corrected chi connectivity index (χ3v) is 6.17. The summed E-state index contributed by atoms with van der Waals surface area (Å²) in [5.74, 6) is -0.390. The Kier molecular flexibility index (Phi) is 12.5. The van der Waals surface area contributed by atoms with E-state index in [9.17, 15) is 13.6 Å². The average molecular weight is 541 g/mol. The highest BCUT2D eigenvalue weighted by atomic mass is 19.3. The molecule has 2 aromatic rings. The van der Waals surface area contributed by atoms with E-state index in [1.54, 1.807) is 29.0 Å². The van der Waals surface area contributed by atoms with E-state index in [1.807, 2.05) is 38.2 Å². The van der Waals surface area contributed by atoms with E-state index in [2.05, 4.69) is 48.5 Å². The minimum atomic E-state index is -2.79. The average Bonchev–Trinajstić information content (AvgIpc) is 2.94. The van der Waals surface area contributed by atoms with Crippen LogP contribution in [0.2, 0.25) is 0 Å². The minimum absolute atomic E-state index is 0.0840. The Morgan fingerprint density at radius 2 is 1.77 bits per heavy atom. The van der Waals surface area contributed by atoms with Gasteiger partial charge in [-0.05, 0) is 37.5 Å². The molecule has 0 saturated carbocycles. The number of aliphatic imine (C=N–C) groups is 1. The largest absolute Gasteiger partial charge is 0.438 e. The SMILES string of the molecule is C=NN(/C=C(\C)c1cccc(C)c1)C(C)c1ccc(C(=C)OC(=NC)C(F)F)cc1.CC(=O)N1CCOCC1. The topological polar surface area (TPSA) is 66.7 Å². The lowest BCUT2D eigenvalue weighted by atomic mass is 10.0. The van der Waals surface area contributed by atoms with Gasteiger partial charge < -0.3 is 14.4 Å². The second-order valence-electron chi connectivity index (χ2n) is 9.01. The second-order valence-corrected chi connectivity index (χ2v) is 9.01. The fourth-order valence-electron chi connectivity index (χ4n) is 3.79. The van der Waals surface area contributed by atoms with Crippen LogP contribution in [0, 0.1) is 6.92 Å². The van der Waals surface area contributed by atoms with Crippen molar-refractivity contribution < 1.29 is 23.0 Å². The number of benzene rings is 2. The van der Waals surface area contributed by atoms with Gasteiger partial charge in [-0.25, -0.2) is 0 Å². The monoisotopic (exact) mass is 540 g/mol. The molecular weight excluding hydrogens is 502 g/mol. The number of hydrazone groups is 1. The van der Waals surface area contributed by atoms with Crippen molar-refractivity contribution in [3.63, 3.8) is 0 Å². The van der Waals surface area contributed by atoms with Crippen LogP contribution in [0.4, 0.5) is 8.78 Å². The first-order chi connectivity index (χ1) is 18.6. The third-order valence-electron chi connectivity index (χ3n) is 6.17. The molecule has 1 aliphatic rings. The van der Waals surface area contributed by atoms with Crippen molar-refractivity contribution in [1.82, 2.24) is 9.91 Å². The van der Waals surface area contributed by atoms with Crippen molar-refractivity contribution >= 4 is 29.9 Å². The van der Waals surface area contributed by atoms with Gasteiger partial charge in [0.25, 0.3) is 5.90 Å². The Balaban J connectivity index is 0.000000499. The van der Waals surface area contributed by atoms with Crippen LogP contribution >= 0.6 is 0 Å². The Labute approximate surface area is 230 Å². The lowest BCUT2D eigenvalue weighted by Crippen LogP contribution is -2.39. The zero-order valence-electron chi connectivity index (χ0n) is 23.4. The van der Waals surface area contributed by atoms with Gasteiger partial charge in [-0.15, -0.1) is 0 Å². The van der Waals surface area contributed by atoms with E-state index in [0.29, 0.717) is 18.8 Å². The van der Waals surface area contributed by atoms with E-state index in [1.165, 1.54) is 12.6 Å². The Hall–Kier alpha value is -3.85. The lowest BCUT2D eigenvalue weighted by molar-refractivity contribution is -0.132. The van der Waals surface area contributed by atoms with Crippen molar-refractivity contribution in [2.75, 3.05) is 33.4 Å². The van der Waals surface area contributed by atoms with Crippen molar-refractivity contribution in [1.29, 1.82) is 0 Å². The van der Waals surface area contributed by atoms with Gasteiger partial charge in [-0.3, -0.25) is 14.8 Å². The van der Waals surface area contributed by atoms with Crippen LogP contribution in [-0.2, 0) is 14.3 Å². The maximum absolute atomic E-state index is 12.8. The molecule has 0 aliphatic carbocycles. The predicted octanol–water partition coefficient (Wildman–Crippen LogP) is 6.18. The van der Waals surface area contributed by atoms with Gasteiger partial charge in [0.05, 0.1) is 19.3 Å². The summed E-state index contributed by atoms with van der Waals surface area (Å²) in [4.78, 5) is 15.9. The molecule has 1 atom stereocenters. The molecule has 0 bridgehead atoms. The number of rotatable bonds is 8. The summed E-state index contributed by atoms with van der Waals surface area (Å²) >= 11 is 0.